The fourth-order valence-electron chi connectivity index (χ4n) is 1.86. The van der Waals surface area contributed by atoms with Crippen LogP contribution in [0.4, 0.5) is 0 Å². The Labute approximate surface area is 109 Å². The topological polar surface area (TPSA) is 45.5 Å². The maximum absolute atomic E-state index is 12.1. The second kappa shape index (κ2) is 7.21. The molecule has 1 heterocycles. The quantitative estimate of drug-likeness (QED) is 0.758. The van der Waals surface area contributed by atoms with Crippen LogP contribution >= 0.6 is 0 Å². The number of hydrogen-bond donors (Lipinski definition) is 1. The van der Waals surface area contributed by atoms with Crippen LogP contribution in [0.25, 0.3) is 0 Å². The zero-order valence-electron chi connectivity index (χ0n) is 11.8. The third-order valence-corrected chi connectivity index (χ3v) is 2.88. The fraction of sp³-hybridized carbons (Fsp3) is 0.643. The second-order valence-electron chi connectivity index (χ2n) is 4.83. The molecule has 0 saturated heterocycles. The predicted molar refractivity (Wildman–Crippen MR) is 72.3 cm³/mol. The van der Waals surface area contributed by atoms with Crippen molar-refractivity contribution in [1.82, 2.24) is 10.2 Å². The molecule has 0 radical (unpaired) electrons. The number of hydrogen-bond acceptors (Lipinski definition) is 3. The first kappa shape index (κ1) is 14.8. The molecule has 0 saturated carbocycles. The Hall–Kier alpha value is -1.29. The van der Waals surface area contributed by atoms with Gasteiger partial charge in [0, 0.05) is 12.5 Å². The van der Waals surface area contributed by atoms with Crippen molar-refractivity contribution in [1.29, 1.82) is 0 Å². The SMILES string of the molecule is CNCCCC(=O)N(Cc1ccc(C)o1)C(C)C. The average molecular weight is 252 g/mol. The van der Waals surface area contributed by atoms with E-state index in [1.807, 2.05) is 44.9 Å². The van der Waals surface area contributed by atoms with E-state index in [2.05, 4.69) is 5.32 Å². The first-order valence-electron chi connectivity index (χ1n) is 6.54. The molecule has 1 amide bonds. The molecule has 0 bridgehead atoms. The lowest BCUT2D eigenvalue weighted by Crippen LogP contribution is -2.36. The third-order valence-electron chi connectivity index (χ3n) is 2.88. The minimum atomic E-state index is 0.189. The van der Waals surface area contributed by atoms with Gasteiger partial charge in [-0.1, -0.05) is 0 Å². The van der Waals surface area contributed by atoms with Gasteiger partial charge >= 0.3 is 0 Å². The van der Waals surface area contributed by atoms with Crippen LogP contribution in [0.5, 0.6) is 0 Å². The highest BCUT2D eigenvalue weighted by atomic mass is 16.3. The zero-order valence-corrected chi connectivity index (χ0v) is 11.8. The standard InChI is InChI=1S/C14H24N2O2/c1-11(2)16(14(17)6-5-9-15-4)10-13-8-7-12(3)18-13/h7-8,11,15H,5-6,9-10H2,1-4H3. The number of carbonyl (C=O) groups excluding carboxylic acids is 1. The monoisotopic (exact) mass is 252 g/mol. The van der Waals surface area contributed by atoms with Crippen molar-refractivity contribution in [3.05, 3.63) is 23.7 Å². The molecule has 0 aliphatic heterocycles. The van der Waals surface area contributed by atoms with Crippen LogP contribution < -0.4 is 5.32 Å². The largest absolute Gasteiger partial charge is 0.464 e. The summed E-state index contributed by atoms with van der Waals surface area (Å²) in [5, 5.41) is 3.05. The zero-order chi connectivity index (χ0) is 13.5. The van der Waals surface area contributed by atoms with E-state index >= 15 is 0 Å². The summed E-state index contributed by atoms with van der Waals surface area (Å²) in [7, 11) is 1.90. The highest BCUT2D eigenvalue weighted by Crippen LogP contribution is 2.13. The molecular weight excluding hydrogens is 228 g/mol. The Morgan fingerprint density at radius 3 is 2.67 bits per heavy atom. The third kappa shape index (κ3) is 4.53. The number of carbonyl (C=O) groups is 1. The summed E-state index contributed by atoms with van der Waals surface area (Å²) < 4.78 is 5.53. The van der Waals surface area contributed by atoms with Crippen molar-refractivity contribution < 1.29 is 9.21 Å². The lowest BCUT2D eigenvalue weighted by molar-refractivity contribution is -0.133. The average Bonchev–Trinajstić information content (AvgIpc) is 2.71. The van der Waals surface area contributed by atoms with Crippen molar-refractivity contribution in [3.63, 3.8) is 0 Å². The van der Waals surface area contributed by atoms with Gasteiger partial charge in [0.25, 0.3) is 0 Å². The molecule has 0 spiro atoms. The number of nitrogens with one attached hydrogen (secondary N) is 1. The van der Waals surface area contributed by atoms with Crippen LogP contribution in [0.1, 0.15) is 38.2 Å². The van der Waals surface area contributed by atoms with Gasteiger partial charge in [-0.05, 0) is 52.9 Å². The number of furan rings is 1. The lowest BCUT2D eigenvalue weighted by Gasteiger charge is -2.26. The van der Waals surface area contributed by atoms with Gasteiger partial charge in [-0.3, -0.25) is 4.79 Å². The Morgan fingerprint density at radius 1 is 1.44 bits per heavy atom. The van der Waals surface area contributed by atoms with E-state index in [4.69, 9.17) is 4.42 Å². The van der Waals surface area contributed by atoms with E-state index in [9.17, 15) is 4.79 Å². The van der Waals surface area contributed by atoms with Crippen molar-refractivity contribution in [2.75, 3.05) is 13.6 Å². The van der Waals surface area contributed by atoms with Gasteiger partial charge in [-0.15, -0.1) is 0 Å². The van der Waals surface area contributed by atoms with Gasteiger partial charge in [0.15, 0.2) is 0 Å². The summed E-state index contributed by atoms with van der Waals surface area (Å²) >= 11 is 0. The lowest BCUT2D eigenvalue weighted by atomic mass is 10.2. The van der Waals surface area contributed by atoms with Crippen molar-refractivity contribution in [2.45, 2.75) is 46.2 Å². The molecule has 4 heteroatoms. The smallest absolute Gasteiger partial charge is 0.223 e. The molecule has 0 aromatic carbocycles. The molecule has 18 heavy (non-hydrogen) atoms. The summed E-state index contributed by atoms with van der Waals surface area (Å²) in [6.07, 6.45) is 1.45. The molecule has 1 N–H and O–H groups in total. The van der Waals surface area contributed by atoms with Gasteiger partial charge in [-0.2, -0.15) is 0 Å². The van der Waals surface area contributed by atoms with Gasteiger partial charge in [0.1, 0.15) is 11.5 Å². The molecule has 0 aliphatic carbocycles. The summed E-state index contributed by atoms with van der Waals surface area (Å²) in [5.41, 5.74) is 0. The minimum Gasteiger partial charge on any atom is -0.464 e. The summed E-state index contributed by atoms with van der Waals surface area (Å²) in [5.74, 6) is 1.92. The van der Waals surface area contributed by atoms with Crippen LogP contribution in [0.15, 0.2) is 16.5 Å². The number of nitrogens with zero attached hydrogens (tertiary/aromatic N) is 1. The Balaban J connectivity index is 2.56. The highest BCUT2D eigenvalue weighted by molar-refractivity contribution is 5.76. The first-order chi connectivity index (χ1) is 8.54. The summed E-state index contributed by atoms with van der Waals surface area (Å²) in [6, 6.07) is 4.06. The molecule has 0 unspecified atom stereocenters. The predicted octanol–water partition coefficient (Wildman–Crippen LogP) is 2.32. The van der Waals surface area contributed by atoms with E-state index in [1.54, 1.807) is 0 Å². The van der Waals surface area contributed by atoms with E-state index in [0.29, 0.717) is 13.0 Å². The summed E-state index contributed by atoms with van der Waals surface area (Å²) in [6.45, 7) is 7.41. The van der Waals surface area contributed by atoms with Crippen LogP contribution in [0.3, 0.4) is 0 Å². The Kier molecular flexibility index (Phi) is 5.92. The van der Waals surface area contributed by atoms with Crippen molar-refractivity contribution in [2.24, 2.45) is 0 Å². The molecule has 0 aliphatic rings. The second-order valence-corrected chi connectivity index (χ2v) is 4.83. The van der Waals surface area contributed by atoms with E-state index in [0.717, 1.165) is 24.5 Å². The Bertz CT molecular complexity index is 372. The first-order valence-corrected chi connectivity index (χ1v) is 6.54. The van der Waals surface area contributed by atoms with Crippen molar-refractivity contribution in [3.8, 4) is 0 Å². The fourth-order valence-corrected chi connectivity index (χ4v) is 1.86. The molecule has 1 aromatic rings. The molecule has 0 fully saturated rings. The van der Waals surface area contributed by atoms with Crippen LogP contribution in [0, 0.1) is 6.92 Å². The molecule has 1 rings (SSSR count). The van der Waals surface area contributed by atoms with Crippen LogP contribution in [-0.2, 0) is 11.3 Å². The number of amides is 1. The maximum atomic E-state index is 12.1. The molecule has 102 valence electrons. The molecule has 4 nitrogen and oxygen atoms in total. The van der Waals surface area contributed by atoms with Gasteiger partial charge in [-0.25, -0.2) is 0 Å². The normalized spacial score (nSPS) is 10.9. The number of rotatable bonds is 7. The molecular formula is C14H24N2O2. The van der Waals surface area contributed by atoms with Gasteiger partial charge < -0.3 is 14.6 Å². The minimum absolute atomic E-state index is 0.189. The van der Waals surface area contributed by atoms with Gasteiger partial charge in [0.2, 0.25) is 5.91 Å². The highest BCUT2D eigenvalue weighted by Gasteiger charge is 2.18. The van der Waals surface area contributed by atoms with E-state index in [1.165, 1.54) is 0 Å². The molecule has 1 aromatic heterocycles. The van der Waals surface area contributed by atoms with Crippen LogP contribution in [-0.4, -0.2) is 30.4 Å². The van der Waals surface area contributed by atoms with E-state index < -0.39 is 0 Å². The van der Waals surface area contributed by atoms with Crippen LogP contribution in [0.2, 0.25) is 0 Å². The van der Waals surface area contributed by atoms with Gasteiger partial charge in [0.05, 0.1) is 6.54 Å². The maximum Gasteiger partial charge on any atom is 0.223 e. The van der Waals surface area contributed by atoms with Crippen molar-refractivity contribution >= 4 is 5.91 Å². The molecule has 0 atom stereocenters. The summed E-state index contributed by atoms with van der Waals surface area (Å²) in [4.78, 5) is 14.0. The number of aryl methyl sites for hydroxylation is 1. The van der Waals surface area contributed by atoms with E-state index in [-0.39, 0.29) is 11.9 Å². The Morgan fingerprint density at radius 2 is 2.17 bits per heavy atom.